The Hall–Kier alpha value is -2.31. The van der Waals surface area contributed by atoms with Crippen LogP contribution in [0.2, 0.25) is 0 Å². The Morgan fingerprint density at radius 1 is 1.04 bits per heavy atom. The number of carboxylic acid groups (broad SMARTS) is 1. The van der Waals surface area contributed by atoms with Crippen LogP contribution in [-0.2, 0) is 14.3 Å². The Kier molecular flexibility index (Phi) is 6.53. The Morgan fingerprint density at radius 2 is 1.63 bits per heavy atom. The summed E-state index contributed by atoms with van der Waals surface area (Å²) >= 11 is 1.46. The molecular formula is C21H23NO4S. The minimum absolute atomic E-state index is 0.114. The predicted molar refractivity (Wildman–Crippen MR) is 105 cm³/mol. The third kappa shape index (κ3) is 4.90. The molecule has 27 heavy (non-hydrogen) atoms. The molecule has 1 unspecified atom stereocenters. The highest BCUT2D eigenvalue weighted by Gasteiger charge is 2.41. The molecule has 0 bridgehead atoms. The van der Waals surface area contributed by atoms with Gasteiger partial charge < -0.3 is 15.2 Å². The number of hydrogen-bond acceptors (Lipinski definition) is 4. The number of ether oxygens (including phenoxy) is 1. The van der Waals surface area contributed by atoms with Crippen molar-refractivity contribution in [3.8, 4) is 0 Å². The topological polar surface area (TPSA) is 75.6 Å². The van der Waals surface area contributed by atoms with Crippen molar-refractivity contribution in [3.05, 3.63) is 66.2 Å². The standard InChI is InChI=1S/C21H23NO4S/c23-19(22-15-21(20(24)25)11-13-26-14-12-21)18(16-7-3-1-4-8-16)27-17-9-5-2-6-10-17/h1-10,18H,11-15H2,(H,22,23)(H,24,25). The number of carbonyl (C=O) groups excluding carboxylic acids is 1. The number of hydrogen-bond donors (Lipinski definition) is 2. The lowest BCUT2D eigenvalue weighted by atomic mass is 9.80. The molecule has 0 spiro atoms. The average molecular weight is 385 g/mol. The molecule has 1 heterocycles. The molecule has 0 aromatic heterocycles. The van der Waals surface area contributed by atoms with Crippen LogP contribution in [0.5, 0.6) is 0 Å². The van der Waals surface area contributed by atoms with Crippen molar-refractivity contribution in [1.29, 1.82) is 0 Å². The lowest BCUT2D eigenvalue weighted by molar-refractivity contribution is -0.154. The van der Waals surface area contributed by atoms with E-state index in [1.807, 2.05) is 60.7 Å². The molecule has 2 aromatic rings. The first kappa shape index (κ1) is 19.5. The third-order valence-corrected chi connectivity index (χ3v) is 6.11. The van der Waals surface area contributed by atoms with Crippen molar-refractivity contribution in [1.82, 2.24) is 5.32 Å². The van der Waals surface area contributed by atoms with Gasteiger partial charge in [-0.2, -0.15) is 0 Å². The smallest absolute Gasteiger partial charge is 0.311 e. The zero-order valence-electron chi connectivity index (χ0n) is 15.0. The summed E-state index contributed by atoms with van der Waals surface area (Å²) in [7, 11) is 0. The molecule has 1 amide bonds. The summed E-state index contributed by atoms with van der Waals surface area (Å²) in [5, 5.41) is 12.1. The zero-order valence-corrected chi connectivity index (χ0v) is 15.8. The lowest BCUT2D eigenvalue weighted by Crippen LogP contribution is -2.47. The summed E-state index contributed by atoms with van der Waals surface area (Å²) in [4.78, 5) is 25.8. The van der Waals surface area contributed by atoms with Gasteiger partial charge in [0.1, 0.15) is 5.25 Å². The number of nitrogens with one attached hydrogen (secondary N) is 1. The number of benzene rings is 2. The summed E-state index contributed by atoms with van der Waals surface area (Å²) in [6.45, 7) is 0.926. The van der Waals surface area contributed by atoms with E-state index in [0.717, 1.165) is 10.5 Å². The first-order valence-corrected chi connectivity index (χ1v) is 9.84. The van der Waals surface area contributed by atoms with Gasteiger partial charge in [-0.25, -0.2) is 0 Å². The van der Waals surface area contributed by atoms with Gasteiger partial charge in [-0.05, 0) is 30.5 Å². The third-order valence-electron chi connectivity index (χ3n) is 4.84. The van der Waals surface area contributed by atoms with Crippen LogP contribution in [0.25, 0.3) is 0 Å². The number of carboxylic acids is 1. The maximum atomic E-state index is 13.0. The number of thioether (sulfide) groups is 1. The van der Waals surface area contributed by atoms with Crippen LogP contribution in [0.4, 0.5) is 0 Å². The molecule has 142 valence electrons. The molecule has 6 heteroatoms. The summed E-state index contributed by atoms with van der Waals surface area (Å²) < 4.78 is 5.30. The molecule has 0 saturated carbocycles. The van der Waals surface area contributed by atoms with E-state index >= 15 is 0 Å². The Bertz CT molecular complexity index is 760. The maximum Gasteiger partial charge on any atom is 0.311 e. The van der Waals surface area contributed by atoms with Crippen molar-refractivity contribution >= 4 is 23.6 Å². The largest absolute Gasteiger partial charge is 0.481 e. The molecular weight excluding hydrogens is 362 g/mol. The van der Waals surface area contributed by atoms with Gasteiger partial charge in [0.25, 0.3) is 0 Å². The van der Waals surface area contributed by atoms with Crippen molar-refractivity contribution in [2.75, 3.05) is 19.8 Å². The van der Waals surface area contributed by atoms with Crippen LogP contribution in [0.1, 0.15) is 23.7 Å². The fourth-order valence-electron chi connectivity index (χ4n) is 3.11. The highest BCUT2D eigenvalue weighted by molar-refractivity contribution is 8.00. The summed E-state index contributed by atoms with van der Waals surface area (Å²) in [5.41, 5.74) is -0.0627. The summed E-state index contributed by atoms with van der Waals surface area (Å²) in [5.74, 6) is -1.06. The second kappa shape index (κ2) is 9.06. The molecule has 3 rings (SSSR count). The quantitative estimate of drug-likeness (QED) is 0.713. The molecule has 1 atom stereocenters. The van der Waals surface area contributed by atoms with Gasteiger partial charge in [0, 0.05) is 24.7 Å². The average Bonchev–Trinajstić information content (AvgIpc) is 2.72. The molecule has 5 nitrogen and oxygen atoms in total. The molecule has 0 radical (unpaired) electrons. The monoisotopic (exact) mass is 385 g/mol. The van der Waals surface area contributed by atoms with Gasteiger partial charge in [0.2, 0.25) is 5.91 Å². The molecule has 1 fully saturated rings. The summed E-state index contributed by atoms with van der Waals surface area (Å²) in [6.07, 6.45) is 0.814. The van der Waals surface area contributed by atoms with Gasteiger partial charge in [0.05, 0.1) is 5.41 Å². The number of rotatable bonds is 7. The van der Waals surface area contributed by atoms with Gasteiger partial charge in [-0.15, -0.1) is 11.8 Å². The Balaban J connectivity index is 1.75. The van der Waals surface area contributed by atoms with Crippen molar-refractivity contribution in [2.24, 2.45) is 5.41 Å². The minimum Gasteiger partial charge on any atom is -0.481 e. The van der Waals surface area contributed by atoms with Gasteiger partial charge in [0.15, 0.2) is 0 Å². The van der Waals surface area contributed by atoms with Crippen LogP contribution in [-0.4, -0.2) is 36.7 Å². The van der Waals surface area contributed by atoms with Crippen LogP contribution in [0.15, 0.2) is 65.6 Å². The molecule has 1 aliphatic heterocycles. The molecule has 2 aromatic carbocycles. The number of amides is 1. The van der Waals surface area contributed by atoms with E-state index in [4.69, 9.17) is 4.74 Å². The van der Waals surface area contributed by atoms with E-state index < -0.39 is 16.6 Å². The van der Waals surface area contributed by atoms with Crippen LogP contribution >= 0.6 is 11.8 Å². The van der Waals surface area contributed by atoms with Crippen LogP contribution in [0, 0.1) is 5.41 Å². The Morgan fingerprint density at radius 3 is 2.22 bits per heavy atom. The molecule has 1 aliphatic rings. The molecule has 0 aliphatic carbocycles. The number of carbonyl (C=O) groups is 2. The van der Waals surface area contributed by atoms with E-state index in [-0.39, 0.29) is 12.5 Å². The molecule has 1 saturated heterocycles. The fourth-order valence-corrected chi connectivity index (χ4v) is 4.18. The minimum atomic E-state index is -0.952. The van der Waals surface area contributed by atoms with Gasteiger partial charge >= 0.3 is 5.97 Å². The summed E-state index contributed by atoms with van der Waals surface area (Å²) in [6, 6.07) is 19.3. The molecule has 2 N–H and O–H groups in total. The van der Waals surface area contributed by atoms with E-state index in [1.165, 1.54) is 11.8 Å². The van der Waals surface area contributed by atoms with Crippen LogP contribution < -0.4 is 5.32 Å². The van der Waals surface area contributed by atoms with Gasteiger partial charge in [-0.3, -0.25) is 9.59 Å². The maximum absolute atomic E-state index is 13.0. The van der Waals surface area contributed by atoms with Crippen molar-refractivity contribution < 1.29 is 19.4 Å². The highest BCUT2D eigenvalue weighted by atomic mass is 32.2. The van der Waals surface area contributed by atoms with E-state index in [1.54, 1.807) is 0 Å². The number of aliphatic carboxylic acids is 1. The van der Waals surface area contributed by atoms with E-state index in [0.29, 0.717) is 26.1 Å². The van der Waals surface area contributed by atoms with E-state index in [2.05, 4.69) is 5.32 Å². The predicted octanol–water partition coefficient (Wildman–Crippen LogP) is 3.52. The lowest BCUT2D eigenvalue weighted by Gasteiger charge is -2.33. The zero-order chi connectivity index (χ0) is 19.1. The van der Waals surface area contributed by atoms with Crippen molar-refractivity contribution in [2.45, 2.75) is 23.0 Å². The first-order chi connectivity index (χ1) is 13.1. The fraction of sp³-hybridized carbons (Fsp3) is 0.333. The Labute approximate surface area is 163 Å². The van der Waals surface area contributed by atoms with Crippen molar-refractivity contribution in [3.63, 3.8) is 0 Å². The van der Waals surface area contributed by atoms with Crippen LogP contribution in [0.3, 0.4) is 0 Å². The highest BCUT2D eigenvalue weighted by Crippen LogP contribution is 2.36. The van der Waals surface area contributed by atoms with Gasteiger partial charge in [-0.1, -0.05) is 48.5 Å². The van der Waals surface area contributed by atoms with E-state index in [9.17, 15) is 14.7 Å². The SMILES string of the molecule is O=C(NCC1(C(=O)O)CCOCC1)C(Sc1ccccc1)c1ccccc1. The normalized spacial score (nSPS) is 17.0. The second-order valence-corrected chi connectivity index (χ2v) is 7.82. The first-order valence-electron chi connectivity index (χ1n) is 8.96. The second-order valence-electron chi connectivity index (χ2n) is 6.64.